The summed E-state index contributed by atoms with van der Waals surface area (Å²) in [6.07, 6.45) is 2.09. The largest absolute Gasteiger partial charge is 0.508 e. The van der Waals surface area contributed by atoms with Gasteiger partial charge in [-0.1, -0.05) is 27.2 Å². The van der Waals surface area contributed by atoms with E-state index in [9.17, 15) is 10.2 Å². The number of ether oxygens (including phenoxy) is 2. The van der Waals surface area contributed by atoms with Crippen LogP contribution in [0.5, 0.6) is 23.0 Å². The van der Waals surface area contributed by atoms with E-state index in [1.54, 1.807) is 6.07 Å². The van der Waals surface area contributed by atoms with Gasteiger partial charge in [-0.2, -0.15) is 0 Å². The summed E-state index contributed by atoms with van der Waals surface area (Å²) >= 11 is 0. The van der Waals surface area contributed by atoms with Crippen molar-refractivity contribution < 1.29 is 19.7 Å². The molecule has 5 nitrogen and oxygen atoms in total. The lowest BCUT2D eigenvalue weighted by Gasteiger charge is -2.24. The average Bonchev–Trinajstić information content (AvgIpc) is 2.74. The summed E-state index contributed by atoms with van der Waals surface area (Å²) < 4.78 is 12.3. The summed E-state index contributed by atoms with van der Waals surface area (Å²) in [5.41, 5.74) is 5.62. The van der Waals surface area contributed by atoms with Crippen molar-refractivity contribution in [1.82, 2.24) is 4.90 Å². The van der Waals surface area contributed by atoms with Crippen molar-refractivity contribution in [3.63, 3.8) is 0 Å². The van der Waals surface area contributed by atoms with Gasteiger partial charge >= 0.3 is 0 Å². The molecule has 32 heavy (non-hydrogen) atoms. The Hall–Kier alpha value is -2.40. The van der Waals surface area contributed by atoms with E-state index in [1.165, 1.54) is 0 Å². The normalized spacial score (nSPS) is 11.4. The molecule has 0 aliphatic rings. The lowest BCUT2D eigenvalue weighted by atomic mass is 9.97. The second-order valence-electron chi connectivity index (χ2n) is 9.15. The first kappa shape index (κ1) is 25.9. The summed E-state index contributed by atoms with van der Waals surface area (Å²) in [5, 5.41) is 20.7. The highest BCUT2D eigenvalue weighted by Gasteiger charge is 2.20. The lowest BCUT2D eigenvalue weighted by Crippen LogP contribution is -2.25. The van der Waals surface area contributed by atoms with Crippen LogP contribution in [0.25, 0.3) is 0 Å². The summed E-state index contributed by atoms with van der Waals surface area (Å²) in [4.78, 5) is 2.19. The Morgan fingerprint density at radius 2 is 1.62 bits per heavy atom. The summed E-state index contributed by atoms with van der Waals surface area (Å²) in [7, 11) is 2.05. The molecule has 0 heterocycles. The zero-order chi connectivity index (χ0) is 24.0. The number of unbranched alkanes of at least 4 members (excludes halogenated alkanes) is 1. The molecule has 0 saturated carbocycles. The fourth-order valence-corrected chi connectivity index (χ4v) is 3.80. The molecule has 2 aromatic rings. The number of rotatable bonds is 11. The fraction of sp³-hybridized carbons (Fsp3) is 0.556. The maximum Gasteiger partial charge on any atom is 0.127 e. The molecule has 0 aromatic heterocycles. The number of nitrogens with zero attached hydrogens (tertiary/aromatic N) is 1. The molecule has 0 bridgehead atoms. The number of phenolic OH excluding ortho intramolecular Hbond substituents is 2. The number of hydrogen-bond acceptors (Lipinski definition) is 5. The number of hydrogen-bond donors (Lipinski definition) is 2. The van der Waals surface area contributed by atoms with Crippen LogP contribution >= 0.6 is 0 Å². The predicted molar refractivity (Wildman–Crippen MR) is 131 cm³/mol. The van der Waals surface area contributed by atoms with Crippen LogP contribution in [0.15, 0.2) is 12.1 Å². The van der Waals surface area contributed by atoms with Crippen molar-refractivity contribution in [2.24, 2.45) is 0 Å². The SMILES string of the molecule is CCCCOc1c(C)c(C)c(O)c(C)c1CN(C)CCOc1cc(C)c(O)cc1C(C)C. The minimum atomic E-state index is 0.262. The van der Waals surface area contributed by atoms with Crippen LogP contribution in [-0.4, -0.2) is 41.9 Å². The first-order chi connectivity index (χ1) is 15.1. The Kier molecular flexibility index (Phi) is 9.26. The monoisotopic (exact) mass is 443 g/mol. The number of benzene rings is 2. The third-order valence-electron chi connectivity index (χ3n) is 6.19. The van der Waals surface area contributed by atoms with Gasteiger partial charge in [-0.3, -0.25) is 4.90 Å². The molecule has 0 fully saturated rings. The molecule has 0 atom stereocenters. The highest BCUT2D eigenvalue weighted by molar-refractivity contribution is 5.57. The van der Waals surface area contributed by atoms with Crippen LogP contribution in [0.3, 0.4) is 0 Å². The zero-order valence-electron chi connectivity index (χ0n) is 21.1. The van der Waals surface area contributed by atoms with Gasteiger partial charge in [0.2, 0.25) is 0 Å². The van der Waals surface area contributed by atoms with Gasteiger partial charge in [-0.05, 0) is 81.5 Å². The third-order valence-corrected chi connectivity index (χ3v) is 6.19. The Bertz CT molecular complexity index is 921. The van der Waals surface area contributed by atoms with Gasteiger partial charge < -0.3 is 19.7 Å². The Balaban J connectivity index is 2.13. The molecule has 2 rings (SSSR count). The van der Waals surface area contributed by atoms with E-state index < -0.39 is 0 Å². The summed E-state index contributed by atoms with van der Waals surface area (Å²) in [6, 6.07) is 3.72. The fourth-order valence-electron chi connectivity index (χ4n) is 3.80. The van der Waals surface area contributed by atoms with Crippen LogP contribution in [0.4, 0.5) is 0 Å². The predicted octanol–water partition coefficient (Wildman–Crippen LogP) is 6.14. The highest BCUT2D eigenvalue weighted by Crippen LogP contribution is 2.38. The Labute approximate surface area is 194 Å². The number of likely N-dealkylation sites (N-methyl/N-ethyl adjacent to an activating group) is 1. The van der Waals surface area contributed by atoms with Gasteiger partial charge in [0, 0.05) is 24.2 Å². The zero-order valence-corrected chi connectivity index (χ0v) is 21.1. The Morgan fingerprint density at radius 3 is 2.25 bits per heavy atom. The average molecular weight is 444 g/mol. The molecule has 0 unspecified atom stereocenters. The molecular weight excluding hydrogens is 402 g/mol. The van der Waals surface area contributed by atoms with Crippen LogP contribution in [0, 0.1) is 27.7 Å². The highest BCUT2D eigenvalue weighted by atomic mass is 16.5. The van der Waals surface area contributed by atoms with E-state index in [0.29, 0.717) is 31.3 Å². The van der Waals surface area contributed by atoms with Crippen LogP contribution in [0.2, 0.25) is 0 Å². The third kappa shape index (κ3) is 6.10. The van der Waals surface area contributed by atoms with E-state index in [4.69, 9.17) is 9.47 Å². The standard InChI is InChI=1S/C27H41NO4/c1-9-10-12-32-27-20(6)19(5)26(30)21(7)23(27)16-28(8)11-13-31-25-14-18(4)24(29)15-22(25)17(2)3/h14-15,17,29-30H,9-13,16H2,1-8H3. The quantitative estimate of drug-likeness (QED) is 0.408. The van der Waals surface area contributed by atoms with E-state index in [2.05, 4.69) is 32.7 Å². The smallest absolute Gasteiger partial charge is 0.127 e. The topological polar surface area (TPSA) is 62.2 Å². The molecule has 2 aromatic carbocycles. The van der Waals surface area contributed by atoms with Crippen LogP contribution < -0.4 is 9.47 Å². The number of aromatic hydroxyl groups is 2. The molecule has 178 valence electrons. The first-order valence-electron chi connectivity index (χ1n) is 11.7. The van der Waals surface area contributed by atoms with Gasteiger partial charge in [0.1, 0.15) is 29.6 Å². The van der Waals surface area contributed by atoms with E-state index in [0.717, 1.165) is 64.3 Å². The molecule has 0 radical (unpaired) electrons. The molecule has 0 amide bonds. The number of aryl methyl sites for hydroxylation is 1. The van der Waals surface area contributed by atoms with Crippen molar-refractivity contribution >= 4 is 0 Å². The van der Waals surface area contributed by atoms with Crippen molar-refractivity contribution in [3.05, 3.63) is 45.5 Å². The second-order valence-corrected chi connectivity index (χ2v) is 9.15. The van der Waals surface area contributed by atoms with E-state index in [-0.39, 0.29) is 5.92 Å². The van der Waals surface area contributed by atoms with Crippen molar-refractivity contribution in [2.45, 2.75) is 73.8 Å². The lowest BCUT2D eigenvalue weighted by molar-refractivity contribution is 0.226. The molecule has 0 spiro atoms. The number of phenols is 2. The maximum atomic E-state index is 10.6. The van der Waals surface area contributed by atoms with E-state index in [1.807, 2.05) is 33.8 Å². The molecule has 0 aliphatic carbocycles. The molecule has 0 saturated heterocycles. The maximum absolute atomic E-state index is 10.6. The van der Waals surface area contributed by atoms with E-state index >= 15 is 0 Å². The minimum Gasteiger partial charge on any atom is -0.508 e. The molecule has 5 heteroatoms. The first-order valence-corrected chi connectivity index (χ1v) is 11.7. The van der Waals surface area contributed by atoms with Gasteiger partial charge in [0.05, 0.1) is 6.61 Å². The molecule has 2 N–H and O–H groups in total. The second kappa shape index (κ2) is 11.5. The van der Waals surface area contributed by atoms with Gasteiger partial charge in [-0.25, -0.2) is 0 Å². The minimum absolute atomic E-state index is 0.262. The van der Waals surface area contributed by atoms with Crippen molar-refractivity contribution in [3.8, 4) is 23.0 Å². The summed E-state index contributed by atoms with van der Waals surface area (Å²) in [5.74, 6) is 2.64. The molecular formula is C27H41NO4. The van der Waals surface area contributed by atoms with Gasteiger partial charge in [0.15, 0.2) is 0 Å². The van der Waals surface area contributed by atoms with Gasteiger partial charge in [0.25, 0.3) is 0 Å². The van der Waals surface area contributed by atoms with Crippen LogP contribution in [0.1, 0.15) is 72.9 Å². The van der Waals surface area contributed by atoms with Crippen molar-refractivity contribution in [1.29, 1.82) is 0 Å². The van der Waals surface area contributed by atoms with Crippen LogP contribution in [-0.2, 0) is 6.54 Å². The molecule has 0 aliphatic heterocycles. The Morgan fingerprint density at radius 1 is 0.938 bits per heavy atom. The summed E-state index contributed by atoms with van der Waals surface area (Å²) in [6.45, 7) is 16.7. The van der Waals surface area contributed by atoms with Crippen molar-refractivity contribution in [2.75, 3.05) is 26.8 Å². The van der Waals surface area contributed by atoms with Gasteiger partial charge in [-0.15, -0.1) is 0 Å².